The lowest BCUT2D eigenvalue weighted by molar-refractivity contribution is 0.627. The highest BCUT2D eigenvalue weighted by atomic mass is 19.1. The molecule has 0 bridgehead atoms. The molecule has 0 heterocycles. The van der Waals surface area contributed by atoms with E-state index in [1.165, 1.54) is 34.4 Å². The maximum Gasteiger partial charge on any atom is 0.125 e. The van der Waals surface area contributed by atoms with Gasteiger partial charge in [0, 0.05) is 33.5 Å². The van der Waals surface area contributed by atoms with E-state index in [-0.39, 0.29) is 11.6 Å². The molecule has 0 aliphatic carbocycles. The fourth-order valence-electron chi connectivity index (χ4n) is 10.4. The SMILES string of the molecule is Cc1ccc(-c2cc(-c3ccc(C)cc3)cc(N(c3cccc(F)c3)c3ccc4ccc5c(N(c6cccc(F)c6)c6cc(-c7ccc(C)cc7)cc(-c7ccc(C)cc7)c6)ccc6ccc3c4c65)c2)cc1. The maximum atomic E-state index is 15.6. The van der Waals surface area contributed by atoms with Gasteiger partial charge in [0.1, 0.15) is 11.6 Å². The Morgan fingerprint density at radius 1 is 0.264 bits per heavy atom. The number of hydrogen-bond donors (Lipinski definition) is 0. The third kappa shape index (κ3) is 8.31. The van der Waals surface area contributed by atoms with Crippen molar-refractivity contribution in [3.05, 3.63) is 264 Å². The van der Waals surface area contributed by atoms with E-state index in [4.69, 9.17) is 0 Å². The molecule has 0 aliphatic heterocycles. The highest BCUT2D eigenvalue weighted by molar-refractivity contribution is 6.28. The Labute approximate surface area is 419 Å². The van der Waals surface area contributed by atoms with E-state index in [0.717, 1.165) is 99.6 Å². The van der Waals surface area contributed by atoms with Crippen LogP contribution in [0.2, 0.25) is 0 Å². The van der Waals surface area contributed by atoms with Gasteiger partial charge in [-0.05, 0) is 179 Å². The molecule has 12 rings (SSSR count). The number of aryl methyl sites for hydroxylation is 4. The minimum Gasteiger partial charge on any atom is -0.310 e. The van der Waals surface area contributed by atoms with Gasteiger partial charge in [0.15, 0.2) is 0 Å². The number of benzene rings is 12. The number of halogens is 2. The average Bonchev–Trinajstić information content (AvgIpc) is 3.39. The molecular formula is C68H50F2N2. The van der Waals surface area contributed by atoms with Crippen LogP contribution >= 0.6 is 0 Å². The van der Waals surface area contributed by atoms with Crippen molar-refractivity contribution in [1.29, 1.82) is 0 Å². The normalized spacial score (nSPS) is 11.5. The van der Waals surface area contributed by atoms with E-state index in [9.17, 15) is 0 Å². The number of anilines is 6. The molecule has 0 unspecified atom stereocenters. The Morgan fingerprint density at radius 3 is 0.875 bits per heavy atom. The molecule has 0 N–H and O–H groups in total. The van der Waals surface area contributed by atoms with Gasteiger partial charge >= 0.3 is 0 Å². The largest absolute Gasteiger partial charge is 0.310 e. The lowest BCUT2D eigenvalue weighted by Crippen LogP contribution is -2.12. The second-order valence-corrected chi connectivity index (χ2v) is 19.2. The fraction of sp³-hybridized carbons (Fsp3) is 0.0588. The molecule has 12 aromatic rings. The first-order valence-electron chi connectivity index (χ1n) is 24.5. The topological polar surface area (TPSA) is 6.48 Å². The van der Waals surface area contributed by atoms with Crippen molar-refractivity contribution in [2.75, 3.05) is 9.80 Å². The number of rotatable bonds is 10. The van der Waals surface area contributed by atoms with Gasteiger partial charge in [-0.2, -0.15) is 0 Å². The van der Waals surface area contributed by atoms with Gasteiger partial charge in [0.25, 0.3) is 0 Å². The lowest BCUT2D eigenvalue weighted by atomic mass is 9.91. The average molecular weight is 933 g/mol. The molecule has 0 spiro atoms. The van der Waals surface area contributed by atoms with Crippen molar-refractivity contribution in [2.24, 2.45) is 0 Å². The van der Waals surface area contributed by atoms with Gasteiger partial charge < -0.3 is 9.80 Å². The third-order valence-corrected chi connectivity index (χ3v) is 14.1. The van der Waals surface area contributed by atoms with Crippen LogP contribution < -0.4 is 9.80 Å². The molecule has 346 valence electrons. The minimum atomic E-state index is -0.317. The maximum absolute atomic E-state index is 15.6. The Hall–Kier alpha value is -8.86. The van der Waals surface area contributed by atoms with Crippen LogP contribution in [0.1, 0.15) is 22.3 Å². The van der Waals surface area contributed by atoms with E-state index < -0.39 is 0 Å². The highest BCUT2D eigenvalue weighted by Crippen LogP contribution is 2.49. The predicted octanol–water partition coefficient (Wildman–Crippen LogP) is 19.7. The molecule has 4 heteroatoms. The fourth-order valence-corrected chi connectivity index (χ4v) is 10.4. The van der Waals surface area contributed by atoms with Crippen molar-refractivity contribution in [2.45, 2.75) is 27.7 Å². The van der Waals surface area contributed by atoms with E-state index in [1.54, 1.807) is 24.3 Å². The summed E-state index contributed by atoms with van der Waals surface area (Å²) in [6.45, 7) is 8.41. The van der Waals surface area contributed by atoms with Crippen LogP contribution in [0, 0.1) is 39.3 Å². The summed E-state index contributed by atoms with van der Waals surface area (Å²) in [7, 11) is 0. The van der Waals surface area contributed by atoms with Gasteiger partial charge in [-0.3, -0.25) is 0 Å². The highest BCUT2D eigenvalue weighted by Gasteiger charge is 2.24. The first-order chi connectivity index (χ1) is 35.1. The summed E-state index contributed by atoms with van der Waals surface area (Å²) >= 11 is 0. The molecule has 0 radical (unpaired) electrons. The standard InChI is InChI=1S/C68H50F2N2/c1-43-11-19-47(20-12-43)53-35-54(48-21-13-44(2)14-22-48)38-61(37-53)71(59-9-5-7-57(69)41-59)65-33-29-51-28-32-64-66(34-30-52-27-31-63(65)67(51)68(52)64)72(60-10-6-8-58(70)42-60)62-39-55(49-23-15-45(3)16-24-49)36-56(40-62)50-25-17-46(4)18-26-50/h5-42H,1-4H3. The molecular weight excluding hydrogens is 883 g/mol. The van der Waals surface area contributed by atoms with Gasteiger partial charge in [-0.25, -0.2) is 8.78 Å². The monoisotopic (exact) mass is 932 g/mol. The van der Waals surface area contributed by atoms with Crippen molar-refractivity contribution >= 4 is 66.4 Å². The number of nitrogens with zero attached hydrogens (tertiary/aromatic N) is 2. The second kappa shape index (κ2) is 18.1. The Kier molecular flexibility index (Phi) is 11.2. The Balaban J connectivity index is 1.10. The van der Waals surface area contributed by atoms with Crippen molar-refractivity contribution in [1.82, 2.24) is 0 Å². The second-order valence-electron chi connectivity index (χ2n) is 19.2. The van der Waals surface area contributed by atoms with Gasteiger partial charge in [-0.15, -0.1) is 0 Å². The zero-order valence-corrected chi connectivity index (χ0v) is 40.6. The summed E-state index contributed by atoms with van der Waals surface area (Å²) in [6, 6.07) is 79.2. The smallest absolute Gasteiger partial charge is 0.125 e. The summed E-state index contributed by atoms with van der Waals surface area (Å²) in [5.41, 5.74) is 18.4. The summed E-state index contributed by atoms with van der Waals surface area (Å²) in [4.78, 5) is 4.40. The van der Waals surface area contributed by atoms with E-state index in [1.807, 2.05) is 12.1 Å². The third-order valence-electron chi connectivity index (χ3n) is 14.1. The van der Waals surface area contributed by atoms with E-state index >= 15 is 8.78 Å². The minimum absolute atomic E-state index is 0.317. The molecule has 0 saturated carbocycles. The molecule has 0 fully saturated rings. The molecule has 0 aromatic heterocycles. The molecule has 0 amide bonds. The first kappa shape index (κ1) is 44.4. The summed E-state index contributed by atoms with van der Waals surface area (Å²) < 4.78 is 31.2. The van der Waals surface area contributed by atoms with Crippen LogP contribution in [0.15, 0.2) is 231 Å². The van der Waals surface area contributed by atoms with Crippen molar-refractivity contribution in [3.63, 3.8) is 0 Å². The van der Waals surface area contributed by atoms with Crippen LogP contribution in [0.4, 0.5) is 42.9 Å². The summed E-state index contributed by atoms with van der Waals surface area (Å²) in [5.74, 6) is -0.634. The molecule has 0 saturated heterocycles. The Morgan fingerprint density at radius 2 is 0.569 bits per heavy atom. The van der Waals surface area contributed by atoms with Crippen LogP contribution in [0.5, 0.6) is 0 Å². The van der Waals surface area contributed by atoms with Gasteiger partial charge in [-0.1, -0.05) is 168 Å². The first-order valence-corrected chi connectivity index (χ1v) is 24.5. The van der Waals surface area contributed by atoms with Crippen LogP contribution in [-0.4, -0.2) is 0 Å². The van der Waals surface area contributed by atoms with Crippen molar-refractivity contribution in [3.8, 4) is 44.5 Å². The zero-order chi connectivity index (χ0) is 49.0. The predicted molar refractivity (Wildman–Crippen MR) is 300 cm³/mol. The number of hydrogen-bond acceptors (Lipinski definition) is 2. The van der Waals surface area contributed by atoms with E-state index in [2.05, 4.69) is 219 Å². The molecule has 0 aliphatic rings. The summed E-state index contributed by atoms with van der Waals surface area (Å²) in [5, 5.41) is 6.38. The van der Waals surface area contributed by atoms with Crippen LogP contribution in [0.3, 0.4) is 0 Å². The lowest BCUT2D eigenvalue weighted by Gasteiger charge is -2.30. The van der Waals surface area contributed by atoms with Crippen LogP contribution in [-0.2, 0) is 0 Å². The molecule has 0 atom stereocenters. The molecule has 72 heavy (non-hydrogen) atoms. The zero-order valence-electron chi connectivity index (χ0n) is 40.6. The summed E-state index contributed by atoms with van der Waals surface area (Å²) in [6.07, 6.45) is 0. The van der Waals surface area contributed by atoms with E-state index in [0.29, 0.717) is 11.4 Å². The Bertz CT molecular complexity index is 3580. The van der Waals surface area contributed by atoms with Crippen LogP contribution in [0.25, 0.3) is 76.8 Å². The van der Waals surface area contributed by atoms with Gasteiger partial charge in [0.2, 0.25) is 0 Å². The van der Waals surface area contributed by atoms with Crippen molar-refractivity contribution < 1.29 is 8.78 Å². The quantitative estimate of drug-likeness (QED) is 0.126. The van der Waals surface area contributed by atoms with Gasteiger partial charge in [0.05, 0.1) is 11.4 Å². The molecule has 2 nitrogen and oxygen atoms in total. The molecule has 12 aromatic carbocycles.